The number of hydrogen-bond acceptors (Lipinski definition) is 7. The highest BCUT2D eigenvalue weighted by molar-refractivity contribution is 8.00. The molecule has 190 valence electrons. The van der Waals surface area contributed by atoms with Gasteiger partial charge in [0.15, 0.2) is 5.16 Å². The molecule has 0 spiro atoms. The zero-order chi connectivity index (χ0) is 26.2. The smallest absolute Gasteiger partial charge is 0.255 e. The second kappa shape index (κ2) is 13.1. The zero-order valence-corrected chi connectivity index (χ0v) is 23.9. The van der Waals surface area contributed by atoms with E-state index in [1.165, 1.54) is 28.8 Å². The minimum Gasteiger partial charge on any atom is -0.315 e. The van der Waals surface area contributed by atoms with Crippen molar-refractivity contribution in [1.82, 2.24) is 9.97 Å². The van der Waals surface area contributed by atoms with Crippen LogP contribution in [0.4, 0.5) is 10.1 Å². The Morgan fingerprint density at radius 3 is 2.27 bits per heavy atom. The molecule has 0 saturated carbocycles. The third kappa shape index (κ3) is 7.82. The quantitative estimate of drug-likeness (QED) is 0.121. The van der Waals surface area contributed by atoms with Gasteiger partial charge in [-0.3, -0.25) is 4.79 Å². The van der Waals surface area contributed by atoms with E-state index in [0.29, 0.717) is 16.5 Å². The standard InChI is InChI=1S/C24H22FN3OS3.C4H4S/c1-15-4-13-21(31-15)22-16(2)23(29)27-24(26-22)30-14-17-5-11-20(12-6-17)32-28(3)19-9-7-18(25)8-10-19;1-2-4-5-3-1/h4-13H,14H2,1-3H3,(H,26,27,29);1-4H. The first-order valence-corrected chi connectivity index (χ1v) is 14.9. The van der Waals surface area contributed by atoms with Crippen LogP contribution in [0.2, 0.25) is 0 Å². The molecule has 1 N–H and O–H groups in total. The van der Waals surface area contributed by atoms with Crippen LogP contribution in [0.3, 0.4) is 0 Å². The number of thioether (sulfide) groups is 1. The SMILES string of the molecule is Cc1ccc(-c2nc(SCc3ccc(SN(C)c4ccc(F)cc4)cc3)[nH]c(=O)c2C)s1.c1ccsc1. The summed E-state index contributed by atoms with van der Waals surface area (Å²) in [5.74, 6) is 0.462. The van der Waals surface area contributed by atoms with Crippen molar-refractivity contribution < 1.29 is 4.39 Å². The van der Waals surface area contributed by atoms with Crippen LogP contribution in [0.15, 0.2) is 98.4 Å². The van der Waals surface area contributed by atoms with Crippen LogP contribution in [-0.4, -0.2) is 17.0 Å². The minimum absolute atomic E-state index is 0.0980. The van der Waals surface area contributed by atoms with Gasteiger partial charge in [0.05, 0.1) is 10.6 Å². The lowest BCUT2D eigenvalue weighted by molar-refractivity contribution is 0.628. The van der Waals surface area contributed by atoms with Gasteiger partial charge >= 0.3 is 0 Å². The van der Waals surface area contributed by atoms with Crippen LogP contribution in [0.1, 0.15) is 16.0 Å². The lowest BCUT2D eigenvalue weighted by Gasteiger charge is -2.17. The molecule has 0 atom stereocenters. The van der Waals surface area contributed by atoms with Crippen LogP contribution in [0.5, 0.6) is 0 Å². The number of anilines is 1. The van der Waals surface area contributed by atoms with E-state index in [2.05, 4.69) is 29.2 Å². The Balaban J connectivity index is 0.000000572. The fourth-order valence-electron chi connectivity index (χ4n) is 3.27. The summed E-state index contributed by atoms with van der Waals surface area (Å²) in [6, 6.07) is 22.8. The number of aryl methyl sites for hydroxylation is 1. The highest BCUT2D eigenvalue weighted by Gasteiger charge is 2.12. The lowest BCUT2D eigenvalue weighted by Crippen LogP contribution is -2.13. The Morgan fingerprint density at radius 1 is 0.973 bits per heavy atom. The number of aromatic amines is 1. The summed E-state index contributed by atoms with van der Waals surface area (Å²) in [4.78, 5) is 23.3. The summed E-state index contributed by atoms with van der Waals surface area (Å²) in [6.45, 7) is 3.86. The Bertz CT molecular complexity index is 1450. The molecule has 5 aromatic rings. The molecule has 9 heteroatoms. The van der Waals surface area contributed by atoms with Gasteiger partial charge in [-0.25, -0.2) is 9.37 Å². The van der Waals surface area contributed by atoms with Gasteiger partial charge < -0.3 is 9.29 Å². The van der Waals surface area contributed by atoms with E-state index in [4.69, 9.17) is 4.98 Å². The van der Waals surface area contributed by atoms with Gasteiger partial charge in [-0.1, -0.05) is 36.0 Å². The summed E-state index contributed by atoms with van der Waals surface area (Å²) in [6.07, 6.45) is 0. The number of benzene rings is 2. The Morgan fingerprint density at radius 2 is 1.68 bits per heavy atom. The van der Waals surface area contributed by atoms with E-state index in [-0.39, 0.29) is 11.4 Å². The minimum atomic E-state index is -0.240. The molecule has 0 fully saturated rings. The first-order valence-electron chi connectivity index (χ1n) is 11.4. The van der Waals surface area contributed by atoms with Crippen molar-refractivity contribution in [3.63, 3.8) is 0 Å². The number of nitrogens with one attached hydrogen (secondary N) is 1. The predicted octanol–water partition coefficient (Wildman–Crippen LogP) is 8.44. The molecule has 0 bridgehead atoms. The number of thiophene rings is 2. The number of hydrogen-bond donors (Lipinski definition) is 1. The molecule has 0 amide bonds. The molecule has 3 heterocycles. The number of rotatable bonds is 7. The maximum Gasteiger partial charge on any atom is 0.255 e. The Kier molecular flexibility index (Phi) is 9.62. The van der Waals surface area contributed by atoms with Crippen molar-refractivity contribution in [1.29, 1.82) is 0 Å². The van der Waals surface area contributed by atoms with Crippen LogP contribution in [0, 0.1) is 19.7 Å². The van der Waals surface area contributed by atoms with Gasteiger partial charge in [0.1, 0.15) is 5.82 Å². The van der Waals surface area contributed by atoms with E-state index < -0.39 is 0 Å². The van der Waals surface area contributed by atoms with E-state index in [1.54, 1.807) is 46.8 Å². The third-order valence-corrected chi connectivity index (χ3v) is 8.81. The van der Waals surface area contributed by atoms with Gasteiger partial charge in [-0.2, -0.15) is 11.3 Å². The molecular weight excluding hydrogens is 542 g/mol. The van der Waals surface area contributed by atoms with Gasteiger partial charge in [0.25, 0.3) is 5.56 Å². The summed E-state index contributed by atoms with van der Waals surface area (Å²) in [7, 11) is 1.95. The molecule has 0 aliphatic rings. The first kappa shape index (κ1) is 27.2. The molecule has 5 rings (SSSR count). The second-order valence-corrected chi connectivity index (χ2v) is 12.3. The van der Waals surface area contributed by atoms with Crippen LogP contribution in [0.25, 0.3) is 10.6 Å². The summed E-state index contributed by atoms with van der Waals surface area (Å²) in [5.41, 5.74) is 3.37. The molecular formula is C28H26FN3OS4. The molecule has 4 nitrogen and oxygen atoms in total. The topological polar surface area (TPSA) is 49.0 Å². The largest absolute Gasteiger partial charge is 0.315 e. The van der Waals surface area contributed by atoms with Crippen LogP contribution in [-0.2, 0) is 5.75 Å². The summed E-state index contributed by atoms with van der Waals surface area (Å²) >= 11 is 6.45. The average molecular weight is 568 g/mol. The molecule has 0 aliphatic heterocycles. The third-order valence-electron chi connectivity index (χ3n) is 5.26. The maximum absolute atomic E-state index is 13.1. The second-order valence-electron chi connectivity index (χ2n) is 8.05. The van der Waals surface area contributed by atoms with Gasteiger partial charge in [-0.15, -0.1) is 11.3 Å². The van der Waals surface area contributed by atoms with Gasteiger partial charge in [-0.05, 0) is 90.6 Å². The van der Waals surface area contributed by atoms with Crippen LogP contribution >= 0.6 is 46.4 Å². The van der Waals surface area contributed by atoms with Crippen LogP contribution < -0.4 is 9.86 Å². The monoisotopic (exact) mass is 567 g/mol. The van der Waals surface area contributed by atoms with Crippen molar-refractivity contribution in [2.45, 2.75) is 29.7 Å². The maximum atomic E-state index is 13.1. The lowest BCUT2D eigenvalue weighted by atomic mass is 10.2. The predicted molar refractivity (Wildman–Crippen MR) is 159 cm³/mol. The molecule has 0 unspecified atom stereocenters. The molecule has 0 saturated heterocycles. The van der Waals surface area contributed by atoms with Crippen molar-refractivity contribution in [3.05, 3.63) is 116 Å². The van der Waals surface area contributed by atoms with E-state index in [9.17, 15) is 9.18 Å². The molecule has 2 aromatic carbocycles. The number of nitrogens with zero attached hydrogens (tertiary/aromatic N) is 2. The van der Waals surface area contributed by atoms with E-state index in [1.807, 2.05) is 60.2 Å². The van der Waals surface area contributed by atoms with Crippen molar-refractivity contribution in [2.24, 2.45) is 0 Å². The average Bonchev–Trinajstić information content (AvgIpc) is 3.61. The summed E-state index contributed by atoms with van der Waals surface area (Å²) in [5, 5.41) is 4.70. The molecule has 0 radical (unpaired) electrons. The highest BCUT2D eigenvalue weighted by atomic mass is 32.2. The normalized spacial score (nSPS) is 10.6. The number of aromatic nitrogens is 2. The highest BCUT2D eigenvalue weighted by Crippen LogP contribution is 2.30. The van der Waals surface area contributed by atoms with Crippen molar-refractivity contribution >= 4 is 52.1 Å². The summed E-state index contributed by atoms with van der Waals surface area (Å²) < 4.78 is 15.1. The van der Waals surface area contributed by atoms with Crippen molar-refractivity contribution in [3.8, 4) is 10.6 Å². The Labute approximate surface area is 232 Å². The number of H-pyrrole nitrogens is 1. The fraction of sp³-hybridized carbons (Fsp3) is 0.143. The van der Waals surface area contributed by atoms with E-state index in [0.717, 1.165) is 26.7 Å². The van der Waals surface area contributed by atoms with Crippen molar-refractivity contribution in [2.75, 3.05) is 11.4 Å². The van der Waals surface area contributed by atoms with Gasteiger partial charge in [0, 0.05) is 33.8 Å². The number of halogens is 1. The fourth-order valence-corrected chi connectivity index (χ4v) is 6.25. The zero-order valence-electron chi connectivity index (χ0n) is 20.6. The molecule has 0 aliphatic carbocycles. The first-order chi connectivity index (χ1) is 17.9. The Hall–Kier alpha value is -2.85. The molecule has 37 heavy (non-hydrogen) atoms. The van der Waals surface area contributed by atoms with Gasteiger partial charge in [0.2, 0.25) is 0 Å². The molecule has 3 aromatic heterocycles. The van der Waals surface area contributed by atoms with E-state index >= 15 is 0 Å².